The third-order valence-electron chi connectivity index (χ3n) is 10.2. The Bertz CT molecular complexity index is 746. The third kappa shape index (κ3) is 4.83. The standard InChI is InChI=1S/C29H50N2O2/c1-7-9-21(3)15-20-33-31-22(4)24-10-11-25-28(24,6)17-13-26-27(5,16-8-2)23(14-19-32)12-18-29(25,26)30/h14,19,21,24-26H,7-13,15-18,20,30H2,1-6H3/b23-14-,31-22+. The summed E-state index contributed by atoms with van der Waals surface area (Å²) in [6, 6.07) is 0. The van der Waals surface area contributed by atoms with Crippen LogP contribution >= 0.6 is 0 Å². The highest BCUT2D eigenvalue weighted by atomic mass is 16.6. The summed E-state index contributed by atoms with van der Waals surface area (Å²) in [6.07, 6.45) is 15.3. The van der Waals surface area contributed by atoms with Crippen molar-refractivity contribution in [2.24, 2.45) is 45.4 Å². The number of aldehydes is 1. The highest BCUT2D eigenvalue weighted by Crippen LogP contribution is 2.67. The van der Waals surface area contributed by atoms with Crippen LogP contribution in [0.2, 0.25) is 0 Å². The predicted molar refractivity (Wildman–Crippen MR) is 138 cm³/mol. The van der Waals surface area contributed by atoms with Gasteiger partial charge in [-0.25, -0.2) is 0 Å². The first kappa shape index (κ1) is 26.4. The van der Waals surface area contributed by atoms with Gasteiger partial charge in [0, 0.05) is 11.5 Å². The quantitative estimate of drug-likeness (QED) is 0.125. The normalized spacial score (nSPS) is 40.9. The Morgan fingerprint density at radius 1 is 1.15 bits per heavy atom. The van der Waals surface area contributed by atoms with Gasteiger partial charge in [0.2, 0.25) is 0 Å². The summed E-state index contributed by atoms with van der Waals surface area (Å²) < 4.78 is 0. The van der Waals surface area contributed by atoms with Crippen molar-refractivity contribution in [1.82, 2.24) is 0 Å². The largest absolute Gasteiger partial charge is 0.396 e. The highest BCUT2D eigenvalue weighted by molar-refractivity contribution is 5.85. The van der Waals surface area contributed by atoms with Crippen molar-refractivity contribution in [2.45, 2.75) is 118 Å². The monoisotopic (exact) mass is 458 g/mol. The molecule has 0 saturated heterocycles. The lowest BCUT2D eigenvalue weighted by Gasteiger charge is -2.62. The van der Waals surface area contributed by atoms with Crippen LogP contribution in [0.1, 0.15) is 112 Å². The van der Waals surface area contributed by atoms with Crippen molar-refractivity contribution in [3.8, 4) is 0 Å². The number of nitrogens with two attached hydrogens (primary N) is 1. The minimum atomic E-state index is -0.150. The van der Waals surface area contributed by atoms with Crippen molar-refractivity contribution >= 4 is 12.0 Å². The fraction of sp³-hybridized carbons (Fsp3) is 0.862. The number of rotatable bonds is 10. The van der Waals surface area contributed by atoms with Crippen LogP contribution < -0.4 is 5.73 Å². The second-order valence-electron chi connectivity index (χ2n) is 12.1. The van der Waals surface area contributed by atoms with E-state index in [-0.39, 0.29) is 16.4 Å². The smallest absolute Gasteiger partial charge is 0.142 e. The molecule has 3 fully saturated rings. The molecule has 0 heterocycles. The van der Waals surface area contributed by atoms with Crippen molar-refractivity contribution < 1.29 is 9.63 Å². The van der Waals surface area contributed by atoms with Crippen LogP contribution in [0, 0.1) is 34.5 Å². The van der Waals surface area contributed by atoms with Gasteiger partial charge in [-0.1, -0.05) is 64.6 Å². The predicted octanol–water partition coefficient (Wildman–Crippen LogP) is 7.07. The molecule has 0 spiro atoms. The molecule has 4 heteroatoms. The molecule has 33 heavy (non-hydrogen) atoms. The topological polar surface area (TPSA) is 64.7 Å². The molecule has 0 amide bonds. The molecular formula is C29H50N2O2. The molecule has 0 bridgehead atoms. The number of hydrogen-bond acceptors (Lipinski definition) is 4. The average Bonchev–Trinajstić information content (AvgIpc) is 3.12. The molecule has 3 aliphatic rings. The van der Waals surface area contributed by atoms with Crippen molar-refractivity contribution in [3.05, 3.63) is 11.6 Å². The van der Waals surface area contributed by atoms with E-state index in [1.165, 1.54) is 43.4 Å². The van der Waals surface area contributed by atoms with Crippen molar-refractivity contribution in [2.75, 3.05) is 6.61 Å². The summed E-state index contributed by atoms with van der Waals surface area (Å²) in [7, 11) is 0. The van der Waals surface area contributed by atoms with Gasteiger partial charge in [-0.15, -0.1) is 0 Å². The van der Waals surface area contributed by atoms with Crippen LogP contribution in [0.3, 0.4) is 0 Å². The molecular weight excluding hydrogens is 408 g/mol. The fourth-order valence-corrected chi connectivity index (χ4v) is 8.55. The lowest BCUT2D eigenvalue weighted by atomic mass is 9.44. The summed E-state index contributed by atoms with van der Waals surface area (Å²) in [5.41, 5.74) is 10.0. The van der Waals surface area contributed by atoms with Crippen LogP contribution in [0.4, 0.5) is 0 Å². The minimum Gasteiger partial charge on any atom is -0.396 e. The molecule has 3 saturated carbocycles. The maximum absolute atomic E-state index is 11.4. The summed E-state index contributed by atoms with van der Waals surface area (Å²) in [6.45, 7) is 14.6. The lowest BCUT2D eigenvalue weighted by molar-refractivity contribution is -0.104. The molecule has 3 rings (SSSR count). The number of hydrogen-bond donors (Lipinski definition) is 1. The molecule has 0 radical (unpaired) electrons. The van der Waals surface area contributed by atoms with Gasteiger partial charge in [-0.05, 0) is 93.0 Å². The van der Waals surface area contributed by atoms with Crippen LogP contribution in [-0.2, 0) is 9.63 Å². The number of fused-ring (bicyclic) bond motifs is 3. The second-order valence-corrected chi connectivity index (χ2v) is 12.1. The second kappa shape index (κ2) is 10.6. The zero-order chi connectivity index (χ0) is 24.3. The number of allylic oxidation sites excluding steroid dienone is 2. The Morgan fingerprint density at radius 3 is 2.58 bits per heavy atom. The van der Waals surface area contributed by atoms with Gasteiger partial charge in [-0.3, -0.25) is 4.79 Å². The van der Waals surface area contributed by atoms with E-state index in [0.717, 1.165) is 51.4 Å². The molecule has 7 atom stereocenters. The number of carbonyl (C=O) groups is 1. The van der Waals surface area contributed by atoms with Gasteiger partial charge in [0.1, 0.15) is 12.9 Å². The number of nitrogens with zero attached hydrogens (tertiary/aromatic N) is 1. The van der Waals surface area contributed by atoms with Gasteiger partial charge < -0.3 is 10.6 Å². The maximum Gasteiger partial charge on any atom is 0.142 e. The first-order chi connectivity index (χ1) is 15.7. The van der Waals surface area contributed by atoms with E-state index in [4.69, 9.17) is 10.6 Å². The molecule has 0 aliphatic heterocycles. The lowest BCUT2D eigenvalue weighted by Crippen LogP contribution is -2.66. The van der Waals surface area contributed by atoms with E-state index < -0.39 is 0 Å². The summed E-state index contributed by atoms with van der Waals surface area (Å²) >= 11 is 0. The number of oxime groups is 1. The van der Waals surface area contributed by atoms with E-state index in [0.29, 0.717) is 23.7 Å². The SMILES string of the molecule is CCCC(C)CCO/N=C(\C)C1CCC2C1(C)CCC1C(C)(CCC)/C(=C\C=O)CCC12N. The van der Waals surface area contributed by atoms with E-state index in [1.807, 2.05) is 6.08 Å². The van der Waals surface area contributed by atoms with E-state index in [9.17, 15) is 4.79 Å². The van der Waals surface area contributed by atoms with Crippen molar-refractivity contribution in [1.29, 1.82) is 0 Å². The zero-order valence-electron chi connectivity index (χ0n) is 22.3. The molecule has 0 aromatic rings. The minimum absolute atomic E-state index is 0.0451. The highest BCUT2D eigenvalue weighted by Gasteiger charge is 2.64. The summed E-state index contributed by atoms with van der Waals surface area (Å²) in [5, 5.41) is 4.62. The van der Waals surface area contributed by atoms with E-state index >= 15 is 0 Å². The zero-order valence-corrected chi connectivity index (χ0v) is 22.3. The van der Waals surface area contributed by atoms with Gasteiger partial charge in [0.05, 0.1) is 5.71 Å². The fourth-order valence-electron chi connectivity index (χ4n) is 8.55. The average molecular weight is 459 g/mol. The summed E-state index contributed by atoms with van der Waals surface area (Å²) in [4.78, 5) is 17.2. The Balaban J connectivity index is 1.77. The third-order valence-corrected chi connectivity index (χ3v) is 10.2. The first-order valence-electron chi connectivity index (χ1n) is 13.8. The molecule has 4 nitrogen and oxygen atoms in total. The van der Waals surface area contributed by atoms with Gasteiger partial charge in [-0.2, -0.15) is 0 Å². The van der Waals surface area contributed by atoms with E-state index in [2.05, 4.69) is 46.7 Å². The molecule has 7 unspecified atom stereocenters. The van der Waals surface area contributed by atoms with Gasteiger partial charge in [0.25, 0.3) is 0 Å². The maximum atomic E-state index is 11.4. The van der Waals surface area contributed by atoms with Crippen molar-refractivity contribution in [3.63, 3.8) is 0 Å². The van der Waals surface area contributed by atoms with Crippen LogP contribution in [0.25, 0.3) is 0 Å². The molecule has 2 N–H and O–H groups in total. The Hall–Kier alpha value is -1.16. The Morgan fingerprint density at radius 2 is 1.91 bits per heavy atom. The van der Waals surface area contributed by atoms with Gasteiger partial charge in [0.15, 0.2) is 0 Å². The first-order valence-corrected chi connectivity index (χ1v) is 13.8. The molecule has 0 aromatic carbocycles. The van der Waals surface area contributed by atoms with Crippen LogP contribution in [-0.4, -0.2) is 24.1 Å². The Labute approximate surface area is 203 Å². The Kier molecular flexibility index (Phi) is 8.51. The summed E-state index contributed by atoms with van der Waals surface area (Å²) in [5.74, 6) is 2.13. The van der Waals surface area contributed by atoms with Crippen LogP contribution in [0.15, 0.2) is 16.8 Å². The molecule has 188 valence electrons. The van der Waals surface area contributed by atoms with Crippen LogP contribution in [0.5, 0.6) is 0 Å². The molecule has 3 aliphatic carbocycles. The van der Waals surface area contributed by atoms with Gasteiger partial charge >= 0.3 is 0 Å². The van der Waals surface area contributed by atoms with E-state index in [1.54, 1.807) is 0 Å². The molecule has 0 aromatic heterocycles. The number of carbonyl (C=O) groups excluding carboxylic acids is 1.